The zero-order valence-corrected chi connectivity index (χ0v) is 24.9. The number of fused-ring (bicyclic) bond motifs is 1. The Morgan fingerprint density at radius 1 is 0.907 bits per heavy atom. The lowest BCUT2D eigenvalue weighted by molar-refractivity contribution is 0.0519. The normalized spacial score (nSPS) is 12.7. The third kappa shape index (κ3) is 6.42. The van der Waals surface area contributed by atoms with Gasteiger partial charge in [0.1, 0.15) is 9.79 Å². The van der Waals surface area contributed by atoms with Crippen molar-refractivity contribution < 1.29 is 43.9 Å². The number of ether oxygens (including phenoxy) is 1. The number of carbonyl (C=O) groups excluding carboxylic acids is 1. The molecule has 15 nitrogen and oxygen atoms in total. The van der Waals surface area contributed by atoms with Crippen LogP contribution in [0.15, 0.2) is 84.3 Å². The van der Waals surface area contributed by atoms with E-state index >= 15 is 0 Å². The number of azo groups is 1. The molecular formula is C25H24N4O11S3. The van der Waals surface area contributed by atoms with Gasteiger partial charge in [-0.05, 0) is 43.7 Å². The van der Waals surface area contributed by atoms with Gasteiger partial charge < -0.3 is 4.74 Å². The third-order valence-corrected chi connectivity index (χ3v) is 9.76. The van der Waals surface area contributed by atoms with Gasteiger partial charge in [0, 0.05) is 10.8 Å². The number of hydrogen-bond donors (Lipinski definition) is 3. The summed E-state index contributed by atoms with van der Waals surface area (Å²) >= 11 is 0. The van der Waals surface area contributed by atoms with E-state index in [1.165, 1.54) is 31.2 Å². The van der Waals surface area contributed by atoms with Crippen molar-refractivity contribution in [3.63, 3.8) is 0 Å². The Hall–Kier alpha value is -4.23. The van der Waals surface area contributed by atoms with Crippen molar-refractivity contribution in [1.29, 1.82) is 0 Å². The minimum absolute atomic E-state index is 0.0150. The summed E-state index contributed by atoms with van der Waals surface area (Å²) in [6, 6.07) is 10.7. The quantitative estimate of drug-likeness (QED) is 0.127. The molecule has 4 rings (SSSR count). The minimum atomic E-state index is -5.18. The number of aromatic nitrogens is 2. The molecule has 0 fully saturated rings. The summed E-state index contributed by atoms with van der Waals surface area (Å²) in [5.74, 6) is -1.19. The highest BCUT2D eigenvalue weighted by atomic mass is 32.2. The van der Waals surface area contributed by atoms with Crippen molar-refractivity contribution in [2.24, 2.45) is 10.2 Å². The number of aromatic amines is 1. The van der Waals surface area contributed by atoms with E-state index in [-0.39, 0.29) is 33.7 Å². The Bertz CT molecular complexity index is 2170. The van der Waals surface area contributed by atoms with Crippen molar-refractivity contribution in [2.75, 3.05) is 12.4 Å². The van der Waals surface area contributed by atoms with Crippen molar-refractivity contribution in [3.8, 4) is 5.69 Å². The predicted octanol–water partition coefficient (Wildman–Crippen LogP) is 3.59. The molecule has 0 amide bonds. The zero-order valence-electron chi connectivity index (χ0n) is 22.5. The molecule has 18 heteroatoms. The number of benzene rings is 3. The number of carbonyl (C=O) groups is 1. The van der Waals surface area contributed by atoms with Crippen LogP contribution in [-0.2, 0) is 34.8 Å². The minimum Gasteiger partial charge on any atom is -0.461 e. The Morgan fingerprint density at radius 2 is 1.60 bits per heavy atom. The smallest absolute Gasteiger partial charge is 0.358 e. The van der Waals surface area contributed by atoms with E-state index < -0.39 is 68.5 Å². The summed E-state index contributed by atoms with van der Waals surface area (Å²) in [5, 5.41) is 9.47. The van der Waals surface area contributed by atoms with Crippen molar-refractivity contribution in [2.45, 2.75) is 35.0 Å². The summed E-state index contributed by atoms with van der Waals surface area (Å²) in [6.45, 7) is 3.07. The van der Waals surface area contributed by atoms with E-state index in [0.717, 1.165) is 30.3 Å². The maximum absolute atomic E-state index is 13.5. The monoisotopic (exact) mass is 652 g/mol. The van der Waals surface area contributed by atoms with Gasteiger partial charge in [0.15, 0.2) is 21.2 Å². The zero-order chi connectivity index (χ0) is 31.7. The average molecular weight is 653 g/mol. The number of esters is 1. The van der Waals surface area contributed by atoms with Gasteiger partial charge in [-0.2, -0.15) is 21.9 Å². The summed E-state index contributed by atoms with van der Waals surface area (Å²) < 4.78 is 99.0. The molecule has 0 bridgehead atoms. The highest BCUT2D eigenvalue weighted by Crippen LogP contribution is 2.33. The Morgan fingerprint density at radius 3 is 2.23 bits per heavy atom. The molecule has 1 aromatic heterocycles. The van der Waals surface area contributed by atoms with Gasteiger partial charge >= 0.3 is 5.97 Å². The second kappa shape index (κ2) is 11.8. The molecule has 0 atom stereocenters. The van der Waals surface area contributed by atoms with Crippen LogP contribution in [0.4, 0.5) is 11.4 Å². The first-order valence-corrected chi connectivity index (χ1v) is 16.9. The number of rotatable bonds is 10. The van der Waals surface area contributed by atoms with Gasteiger partial charge in [-0.15, -0.1) is 5.11 Å². The number of sulfone groups is 1. The summed E-state index contributed by atoms with van der Waals surface area (Å²) in [6.07, 6.45) is 0.372. The molecule has 43 heavy (non-hydrogen) atoms. The molecule has 0 unspecified atom stereocenters. The fourth-order valence-electron chi connectivity index (χ4n) is 4.23. The van der Waals surface area contributed by atoms with E-state index in [1.807, 2.05) is 0 Å². The molecule has 0 radical (unpaired) electrons. The molecule has 0 aliphatic rings. The lowest BCUT2D eigenvalue weighted by Crippen LogP contribution is -2.18. The first kappa shape index (κ1) is 31.7. The van der Waals surface area contributed by atoms with Crippen molar-refractivity contribution in [1.82, 2.24) is 9.78 Å². The number of nitrogens with zero attached hydrogens (tertiary/aromatic N) is 3. The van der Waals surface area contributed by atoms with Crippen LogP contribution in [0.25, 0.3) is 16.5 Å². The van der Waals surface area contributed by atoms with Gasteiger partial charge in [0.05, 0.1) is 28.6 Å². The topological polar surface area (TPSA) is 232 Å². The highest BCUT2D eigenvalue weighted by Gasteiger charge is 2.28. The van der Waals surface area contributed by atoms with E-state index in [0.29, 0.717) is 11.1 Å². The van der Waals surface area contributed by atoms with Gasteiger partial charge in [0.2, 0.25) is 0 Å². The first-order chi connectivity index (χ1) is 20.1. The maximum Gasteiger partial charge on any atom is 0.358 e. The van der Waals surface area contributed by atoms with Crippen LogP contribution in [0.2, 0.25) is 0 Å². The fourth-order valence-corrected chi connectivity index (χ4v) is 7.18. The second-order valence-corrected chi connectivity index (χ2v) is 13.8. The highest BCUT2D eigenvalue weighted by molar-refractivity contribution is 7.91. The molecule has 0 aliphatic carbocycles. The molecule has 228 valence electrons. The number of hydrogen-bond acceptors (Lipinski definition) is 11. The van der Waals surface area contributed by atoms with Crippen LogP contribution in [0.3, 0.4) is 0 Å². The SMILES string of the molecule is CCCS(=O)(=O)c1cccc(N=Nc2c(C(=O)OCC)[nH]n(-c3ccc4c(S(=O)(=O)O)cccc4c3S(=O)(=O)O)c2=O)c1. The van der Waals surface area contributed by atoms with Crippen LogP contribution in [-0.4, -0.2) is 62.5 Å². The first-order valence-electron chi connectivity index (χ1n) is 12.4. The fraction of sp³-hybridized carbons (Fsp3) is 0.200. The number of H-pyrrole nitrogens is 1. The molecule has 0 aliphatic heterocycles. The summed E-state index contributed by atoms with van der Waals surface area (Å²) in [4.78, 5) is 24.6. The molecule has 1 heterocycles. The second-order valence-electron chi connectivity index (χ2n) is 8.93. The van der Waals surface area contributed by atoms with E-state index in [2.05, 4.69) is 15.3 Å². The van der Waals surface area contributed by atoms with Gasteiger partial charge in [-0.3, -0.25) is 19.0 Å². The van der Waals surface area contributed by atoms with Crippen molar-refractivity contribution in [3.05, 3.63) is 70.6 Å². The standard InChI is InChI=1S/C25H24N4O11S3/c1-3-13-41(32,33)16-8-5-7-15(14-16)26-27-21-22(25(31)40-4-2)28-29(24(21)30)19-12-11-17-18(23(19)43(37,38)39)9-6-10-20(17)42(34,35)36/h5-12,14,28H,3-4,13H2,1-2H3,(H,34,35,36)(H,37,38,39). The molecule has 3 N–H and O–H groups in total. The van der Waals surface area contributed by atoms with Gasteiger partial charge in [-0.25, -0.2) is 17.9 Å². The molecule has 0 spiro atoms. The van der Waals surface area contributed by atoms with E-state index in [9.17, 15) is 43.9 Å². The van der Waals surface area contributed by atoms with E-state index in [4.69, 9.17) is 4.74 Å². The van der Waals surface area contributed by atoms with Crippen LogP contribution >= 0.6 is 0 Å². The molecule has 4 aromatic rings. The van der Waals surface area contributed by atoms with E-state index in [1.54, 1.807) is 6.92 Å². The van der Waals surface area contributed by atoms with Crippen LogP contribution in [0, 0.1) is 0 Å². The summed E-state index contributed by atoms with van der Waals surface area (Å²) in [5.41, 5.74) is -2.85. The molecule has 0 saturated heterocycles. The average Bonchev–Trinajstić information content (AvgIpc) is 3.26. The Labute approximate surface area is 245 Å². The Kier molecular flexibility index (Phi) is 8.70. The number of nitrogens with one attached hydrogen (secondary N) is 1. The van der Waals surface area contributed by atoms with Gasteiger partial charge in [-0.1, -0.05) is 31.2 Å². The molecule has 0 saturated carbocycles. The summed E-state index contributed by atoms with van der Waals surface area (Å²) in [7, 11) is -13.6. The maximum atomic E-state index is 13.5. The largest absolute Gasteiger partial charge is 0.461 e. The predicted molar refractivity (Wildman–Crippen MR) is 152 cm³/mol. The van der Waals surface area contributed by atoms with Crippen LogP contribution < -0.4 is 5.56 Å². The third-order valence-electron chi connectivity index (χ3n) is 5.99. The molecular weight excluding hydrogens is 628 g/mol. The van der Waals surface area contributed by atoms with Crippen LogP contribution in [0.1, 0.15) is 30.8 Å². The Balaban J connectivity index is 1.97. The lowest BCUT2D eigenvalue weighted by atomic mass is 10.1. The lowest BCUT2D eigenvalue weighted by Gasteiger charge is -2.12. The van der Waals surface area contributed by atoms with Crippen LogP contribution in [0.5, 0.6) is 0 Å². The van der Waals surface area contributed by atoms with Gasteiger partial charge in [0.25, 0.3) is 25.8 Å². The van der Waals surface area contributed by atoms with Crippen molar-refractivity contribution >= 4 is 58.2 Å². The molecule has 3 aromatic carbocycles.